The van der Waals surface area contributed by atoms with Crippen molar-refractivity contribution >= 4 is 5.91 Å². The summed E-state index contributed by atoms with van der Waals surface area (Å²) >= 11 is 0. The van der Waals surface area contributed by atoms with Crippen molar-refractivity contribution in [1.82, 2.24) is 15.0 Å². The number of furan rings is 1. The molecular formula is C16H21N3O3. The molecular weight excluding hydrogens is 282 g/mol. The van der Waals surface area contributed by atoms with Gasteiger partial charge in [-0.2, -0.15) is 4.98 Å². The number of aryl methyl sites for hydroxylation is 3. The average Bonchev–Trinajstić information content (AvgIpc) is 3.13. The van der Waals surface area contributed by atoms with E-state index in [-0.39, 0.29) is 11.8 Å². The molecule has 3 rings (SSSR count). The second-order valence-corrected chi connectivity index (χ2v) is 5.82. The van der Waals surface area contributed by atoms with Gasteiger partial charge in [0.05, 0.1) is 11.5 Å². The lowest BCUT2D eigenvalue weighted by molar-refractivity contribution is 0.0694. The van der Waals surface area contributed by atoms with Crippen molar-refractivity contribution in [3.8, 4) is 0 Å². The number of hydrogen-bond donors (Lipinski definition) is 0. The van der Waals surface area contributed by atoms with E-state index in [1.165, 1.54) is 0 Å². The van der Waals surface area contributed by atoms with Gasteiger partial charge >= 0.3 is 0 Å². The normalized spacial score (nSPS) is 18.7. The van der Waals surface area contributed by atoms with Crippen molar-refractivity contribution in [3.63, 3.8) is 0 Å². The van der Waals surface area contributed by atoms with Gasteiger partial charge in [-0.15, -0.1) is 0 Å². The first-order valence-electron chi connectivity index (χ1n) is 7.77. The van der Waals surface area contributed by atoms with Crippen molar-refractivity contribution < 1.29 is 13.7 Å². The second kappa shape index (κ2) is 5.94. The molecule has 1 saturated heterocycles. The fourth-order valence-corrected chi connectivity index (χ4v) is 2.95. The Morgan fingerprint density at radius 1 is 1.45 bits per heavy atom. The summed E-state index contributed by atoms with van der Waals surface area (Å²) in [5.41, 5.74) is 0.651. The first kappa shape index (κ1) is 14.8. The molecule has 3 heterocycles. The summed E-state index contributed by atoms with van der Waals surface area (Å²) in [7, 11) is 0. The van der Waals surface area contributed by atoms with Gasteiger partial charge < -0.3 is 13.8 Å². The Morgan fingerprint density at radius 2 is 2.27 bits per heavy atom. The van der Waals surface area contributed by atoms with Gasteiger partial charge in [-0.25, -0.2) is 0 Å². The summed E-state index contributed by atoms with van der Waals surface area (Å²) in [5, 5.41) is 3.95. The van der Waals surface area contributed by atoms with E-state index < -0.39 is 0 Å². The maximum Gasteiger partial charge on any atom is 0.257 e. The van der Waals surface area contributed by atoms with Gasteiger partial charge in [0.15, 0.2) is 5.82 Å². The molecule has 118 valence electrons. The highest BCUT2D eigenvalue weighted by Gasteiger charge is 2.30. The molecule has 0 radical (unpaired) electrons. The predicted molar refractivity (Wildman–Crippen MR) is 79.7 cm³/mol. The van der Waals surface area contributed by atoms with E-state index in [0.29, 0.717) is 23.8 Å². The van der Waals surface area contributed by atoms with Crippen LogP contribution in [0.2, 0.25) is 0 Å². The SMILES string of the molecule is CCc1noc([C@H]2CCCN(C(=O)c3cc(C)oc3C)C2)n1. The minimum Gasteiger partial charge on any atom is -0.466 e. The van der Waals surface area contributed by atoms with Crippen LogP contribution in [0, 0.1) is 13.8 Å². The van der Waals surface area contributed by atoms with Crippen LogP contribution in [0.25, 0.3) is 0 Å². The first-order valence-corrected chi connectivity index (χ1v) is 7.77. The Morgan fingerprint density at radius 3 is 2.91 bits per heavy atom. The second-order valence-electron chi connectivity index (χ2n) is 5.82. The highest BCUT2D eigenvalue weighted by atomic mass is 16.5. The zero-order valence-electron chi connectivity index (χ0n) is 13.3. The average molecular weight is 303 g/mol. The van der Waals surface area contributed by atoms with Crippen LogP contribution in [0.4, 0.5) is 0 Å². The molecule has 1 amide bonds. The first-order chi connectivity index (χ1) is 10.6. The van der Waals surface area contributed by atoms with Crippen molar-refractivity contribution in [1.29, 1.82) is 0 Å². The third kappa shape index (κ3) is 2.77. The molecule has 22 heavy (non-hydrogen) atoms. The van der Waals surface area contributed by atoms with Crippen LogP contribution >= 0.6 is 0 Å². The van der Waals surface area contributed by atoms with Gasteiger partial charge in [-0.3, -0.25) is 4.79 Å². The molecule has 2 aromatic heterocycles. The fourth-order valence-electron chi connectivity index (χ4n) is 2.95. The summed E-state index contributed by atoms with van der Waals surface area (Å²) in [4.78, 5) is 18.9. The molecule has 0 spiro atoms. The van der Waals surface area contributed by atoms with Crippen molar-refractivity contribution in [2.24, 2.45) is 0 Å². The Labute approximate surface area is 129 Å². The van der Waals surface area contributed by atoms with E-state index >= 15 is 0 Å². The molecule has 1 atom stereocenters. The molecule has 0 aliphatic carbocycles. The van der Waals surface area contributed by atoms with Crippen LogP contribution in [-0.4, -0.2) is 34.0 Å². The van der Waals surface area contributed by atoms with Crippen molar-refractivity contribution in [2.45, 2.75) is 46.0 Å². The summed E-state index contributed by atoms with van der Waals surface area (Å²) < 4.78 is 10.8. The van der Waals surface area contributed by atoms with Crippen LogP contribution in [0.3, 0.4) is 0 Å². The smallest absolute Gasteiger partial charge is 0.257 e. The number of amides is 1. The number of piperidine rings is 1. The van der Waals surface area contributed by atoms with E-state index in [1.54, 1.807) is 0 Å². The maximum absolute atomic E-state index is 12.7. The number of aromatic nitrogens is 2. The summed E-state index contributed by atoms with van der Waals surface area (Å²) in [6, 6.07) is 1.81. The molecule has 6 heteroatoms. The lowest BCUT2D eigenvalue weighted by Crippen LogP contribution is -2.39. The number of carbonyl (C=O) groups excluding carboxylic acids is 1. The van der Waals surface area contributed by atoms with Crippen LogP contribution < -0.4 is 0 Å². The van der Waals surface area contributed by atoms with Gasteiger partial charge in [-0.05, 0) is 32.8 Å². The molecule has 1 aliphatic rings. The molecule has 2 aromatic rings. The van der Waals surface area contributed by atoms with Gasteiger partial charge in [0.1, 0.15) is 11.5 Å². The highest BCUT2D eigenvalue weighted by molar-refractivity contribution is 5.95. The Bertz CT molecular complexity index is 674. The lowest BCUT2D eigenvalue weighted by atomic mass is 9.97. The molecule has 0 bridgehead atoms. The molecule has 1 aliphatic heterocycles. The number of carbonyl (C=O) groups is 1. The fraction of sp³-hybridized carbons (Fsp3) is 0.562. The van der Waals surface area contributed by atoms with Gasteiger partial charge in [0.2, 0.25) is 5.89 Å². The molecule has 0 saturated carbocycles. The number of rotatable bonds is 3. The van der Waals surface area contributed by atoms with Crippen LogP contribution in [0.5, 0.6) is 0 Å². The Kier molecular flexibility index (Phi) is 4.00. The topological polar surface area (TPSA) is 72.4 Å². The van der Waals surface area contributed by atoms with E-state index in [2.05, 4.69) is 10.1 Å². The number of likely N-dealkylation sites (tertiary alicyclic amines) is 1. The van der Waals surface area contributed by atoms with E-state index in [1.807, 2.05) is 31.7 Å². The minimum absolute atomic E-state index is 0.0225. The minimum atomic E-state index is 0.0225. The van der Waals surface area contributed by atoms with Crippen LogP contribution in [0.1, 0.15) is 59.3 Å². The predicted octanol–water partition coefficient (Wildman–Crippen LogP) is 2.86. The van der Waals surface area contributed by atoms with Crippen LogP contribution in [0.15, 0.2) is 15.0 Å². The van der Waals surface area contributed by atoms with Gasteiger partial charge in [-0.1, -0.05) is 12.1 Å². The quantitative estimate of drug-likeness (QED) is 0.871. The largest absolute Gasteiger partial charge is 0.466 e. The van der Waals surface area contributed by atoms with E-state index in [0.717, 1.165) is 37.4 Å². The molecule has 6 nitrogen and oxygen atoms in total. The summed E-state index contributed by atoms with van der Waals surface area (Å²) in [5.74, 6) is 2.96. The van der Waals surface area contributed by atoms with E-state index in [9.17, 15) is 4.79 Å². The monoisotopic (exact) mass is 303 g/mol. The lowest BCUT2D eigenvalue weighted by Gasteiger charge is -2.30. The molecule has 0 aromatic carbocycles. The van der Waals surface area contributed by atoms with Gasteiger partial charge in [0.25, 0.3) is 5.91 Å². The van der Waals surface area contributed by atoms with E-state index in [4.69, 9.17) is 8.94 Å². The zero-order chi connectivity index (χ0) is 15.7. The molecule has 0 unspecified atom stereocenters. The van der Waals surface area contributed by atoms with Crippen molar-refractivity contribution in [2.75, 3.05) is 13.1 Å². The van der Waals surface area contributed by atoms with Crippen molar-refractivity contribution in [3.05, 3.63) is 34.9 Å². The van der Waals surface area contributed by atoms with Gasteiger partial charge in [0, 0.05) is 19.5 Å². The summed E-state index contributed by atoms with van der Waals surface area (Å²) in [6.07, 6.45) is 2.67. The number of hydrogen-bond acceptors (Lipinski definition) is 5. The Balaban J connectivity index is 1.75. The van der Waals surface area contributed by atoms with Crippen LogP contribution in [-0.2, 0) is 6.42 Å². The molecule has 0 N–H and O–H groups in total. The number of nitrogens with zero attached hydrogens (tertiary/aromatic N) is 3. The standard InChI is InChI=1S/C16H21N3O3/c1-4-14-17-15(22-18-14)12-6-5-7-19(9-12)16(20)13-8-10(2)21-11(13)3/h8,12H,4-7,9H2,1-3H3/t12-/m0/s1. The maximum atomic E-state index is 12.7. The summed E-state index contributed by atoms with van der Waals surface area (Å²) in [6.45, 7) is 7.05. The molecule has 1 fully saturated rings. The highest BCUT2D eigenvalue weighted by Crippen LogP contribution is 2.27. The third-order valence-electron chi connectivity index (χ3n) is 4.13. The zero-order valence-corrected chi connectivity index (χ0v) is 13.3. The Hall–Kier alpha value is -2.11. The third-order valence-corrected chi connectivity index (χ3v) is 4.13.